The predicted octanol–water partition coefficient (Wildman–Crippen LogP) is 4.65. The molecule has 6 saturated carbocycles. The Bertz CT molecular complexity index is 389. The first-order valence-electron chi connectivity index (χ1n) is 9.34. The van der Waals surface area contributed by atoms with Gasteiger partial charge in [0.15, 0.2) is 0 Å². The van der Waals surface area contributed by atoms with Crippen LogP contribution in [0.25, 0.3) is 0 Å². The van der Waals surface area contributed by atoms with Crippen LogP contribution in [-0.2, 0) is 4.74 Å². The molecular weight excluding hydrogens is 244 g/mol. The van der Waals surface area contributed by atoms with Crippen LogP contribution in [-0.4, -0.2) is 12.7 Å². The SMILES string of the molecule is CC(OCC1CC2CCC1C2)C12CC3CC(CC1C3)C2. The Labute approximate surface area is 123 Å². The highest BCUT2D eigenvalue weighted by molar-refractivity contribution is 5.09. The number of rotatable bonds is 4. The summed E-state index contributed by atoms with van der Waals surface area (Å²) < 4.78 is 6.54. The standard InChI is InChI=1S/C19H30O/c1-12(20-11-17-6-13-2-3-16(17)5-13)19-9-14-4-15(10-19)8-18(19)7-14/h12-18H,2-11H2,1H3. The van der Waals surface area contributed by atoms with E-state index in [0.717, 1.165) is 42.1 Å². The fraction of sp³-hybridized carbons (Fsp3) is 1.00. The maximum atomic E-state index is 6.54. The molecule has 112 valence electrons. The van der Waals surface area contributed by atoms with Gasteiger partial charge < -0.3 is 4.74 Å². The van der Waals surface area contributed by atoms with Crippen molar-refractivity contribution >= 4 is 0 Å². The van der Waals surface area contributed by atoms with E-state index in [1.54, 1.807) is 19.3 Å². The Morgan fingerprint density at radius 1 is 0.950 bits per heavy atom. The van der Waals surface area contributed by atoms with E-state index < -0.39 is 0 Å². The van der Waals surface area contributed by atoms with Crippen LogP contribution in [0, 0.1) is 40.9 Å². The second kappa shape index (κ2) is 4.24. The highest BCUT2D eigenvalue weighted by atomic mass is 16.5. The first-order chi connectivity index (χ1) is 9.73. The van der Waals surface area contributed by atoms with Crippen LogP contribution in [0.2, 0.25) is 0 Å². The molecule has 6 fully saturated rings. The second-order valence-corrected chi connectivity index (χ2v) is 9.19. The van der Waals surface area contributed by atoms with E-state index in [0.29, 0.717) is 11.5 Å². The summed E-state index contributed by atoms with van der Waals surface area (Å²) in [5.74, 6) is 6.19. The summed E-state index contributed by atoms with van der Waals surface area (Å²) in [5.41, 5.74) is 0.616. The molecule has 0 aliphatic heterocycles. The molecule has 0 aromatic heterocycles. The smallest absolute Gasteiger partial charge is 0.0606 e. The van der Waals surface area contributed by atoms with Crippen LogP contribution in [0.4, 0.5) is 0 Å². The summed E-state index contributed by atoms with van der Waals surface area (Å²) in [6.45, 7) is 3.52. The highest BCUT2D eigenvalue weighted by Gasteiger charge is 2.60. The molecule has 6 atom stereocenters. The van der Waals surface area contributed by atoms with Gasteiger partial charge in [0.05, 0.1) is 12.7 Å². The molecule has 0 amide bonds. The van der Waals surface area contributed by atoms with Crippen LogP contribution >= 0.6 is 0 Å². The lowest BCUT2D eigenvalue weighted by Gasteiger charge is -2.39. The first kappa shape index (κ1) is 12.5. The number of fused-ring (bicyclic) bond motifs is 2. The van der Waals surface area contributed by atoms with Crippen molar-refractivity contribution < 1.29 is 4.74 Å². The van der Waals surface area contributed by atoms with Crippen molar-refractivity contribution in [3.05, 3.63) is 0 Å². The van der Waals surface area contributed by atoms with Crippen molar-refractivity contribution in [3.8, 4) is 0 Å². The molecule has 0 heterocycles. The lowest BCUT2D eigenvalue weighted by Crippen LogP contribution is -2.37. The van der Waals surface area contributed by atoms with Crippen molar-refractivity contribution in [2.45, 2.75) is 70.8 Å². The molecule has 0 aromatic rings. The average Bonchev–Trinajstić information content (AvgIpc) is 3.15. The van der Waals surface area contributed by atoms with Crippen molar-refractivity contribution in [2.24, 2.45) is 40.9 Å². The summed E-state index contributed by atoms with van der Waals surface area (Å²) >= 11 is 0. The molecule has 6 rings (SSSR count). The third-order valence-corrected chi connectivity index (χ3v) is 8.31. The third kappa shape index (κ3) is 1.65. The maximum absolute atomic E-state index is 6.54. The third-order valence-electron chi connectivity index (χ3n) is 8.31. The lowest BCUT2D eigenvalue weighted by molar-refractivity contribution is -0.0640. The summed E-state index contributed by atoms with van der Waals surface area (Å²) in [6, 6.07) is 0. The number of hydrogen-bond acceptors (Lipinski definition) is 1. The molecule has 0 N–H and O–H groups in total. The van der Waals surface area contributed by atoms with Gasteiger partial charge in [-0.1, -0.05) is 6.42 Å². The zero-order chi connectivity index (χ0) is 13.3. The van der Waals surface area contributed by atoms with E-state index in [4.69, 9.17) is 4.74 Å². The molecule has 0 radical (unpaired) electrons. The largest absolute Gasteiger partial charge is 0.378 e. The van der Waals surface area contributed by atoms with E-state index in [1.807, 2.05) is 0 Å². The Hall–Kier alpha value is -0.0400. The zero-order valence-corrected chi connectivity index (χ0v) is 13.0. The Morgan fingerprint density at radius 2 is 1.75 bits per heavy atom. The van der Waals surface area contributed by atoms with Gasteiger partial charge in [-0.15, -0.1) is 0 Å². The Morgan fingerprint density at radius 3 is 2.40 bits per heavy atom. The summed E-state index contributed by atoms with van der Waals surface area (Å²) in [4.78, 5) is 0. The van der Waals surface area contributed by atoms with Crippen LogP contribution in [0.5, 0.6) is 0 Å². The van der Waals surface area contributed by atoms with Gasteiger partial charge in [-0.3, -0.25) is 0 Å². The maximum Gasteiger partial charge on any atom is 0.0606 e. The normalized spacial score (nSPS) is 56.9. The molecule has 1 nitrogen and oxygen atoms in total. The Balaban J connectivity index is 1.24. The summed E-state index contributed by atoms with van der Waals surface area (Å²) in [6.07, 6.45) is 14.2. The molecular formula is C19H30O. The number of hydrogen-bond donors (Lipinski definition) is 0. The summed E-state index contributed by atoms with van der Waals surface area (Å²) in [5, 5.41) is 0. The summed E-state index contributed by atoms with van der Waals surface area (Å²) in [7, 11) is 0. The molecule has 0 spiro atoms. The van der Waals surface area contributed by atoms with Gasteiger partial charge in [0.25, 0.3) is 0 Å². The highest BCUT2D eigenvalue weighted by Crippen LogP contribution is 2.67. The molecule has 0 saturated heterocycles. The van der Waals surface area contributed by atoms with E-state index in [9.17, 15) is 0 Å². The Kier molecular flexibility index (Phi) is 2.65. The average molecular weight is 274 g/mol. The van der Waals surface area contributed by atoms with E-state index in [2.05, 4.69) is 6.92 Å². The second-order valence-electron chi connectivity index (χ2n) is 9.19. The van der Waals surface area contributed by atoms with Gasteiger partial charge in [-0.25, -0.2) is 0 Å². The predicted molar refractivity (Wildman–Crippen MR) is 80.3 cm³/mol. The van der Waals surface area contributed by atoms with Crippen molar-refractivity contribution in [3.63, 3.8) is 0 Å². The monoisotopic (exact) mass is 274 g/mol. The van der Waals surface area contributed by atoms with Crippen molar-refractivity contribution in [2.75, 3.05) is 6.61 Å². The minimum atomic E-state index is 0.543. The molecule has 6 aliphatic carbocycles. The number of ether oxygens (including phenoxy) is 1. The molecule has 1 heteroatoms. The van der Waals surface area contributed by atoms with Crippen molar-refractivity contribution in [1.82, 2.24) is 0 Å². The van der Waals surface area contributed by atoms with Gasteiger partial charge in [0, 0.05) is 0 Å². The van der Waals surface area contributed by atoms with Crippen molar-refractivity contribution in [1.29, 1.82) is 0 Å². The molecule has 6 aliphatic rings. The van der Waals surface area contributed by atoms with Gasteiger partial charge >= 0.3 is 0 Å². The van der Waals surface area contributed by atoms with Gasteiger partial charge in [-0.2, -0.15) is 0 Å². The molecule has 0 aromatic carbocycles. The molecule has 6 unspecified atom stereocenters. The van der Waals surface area contributed by atoms with Gasteiger partial charge in [0.2, 0.25) is 0 Å². The van der Waals surface area contributed by atoms with Crippen LogP contribution in [0.3, 0.4) is 0 Å². The topological polar surface area (TPSA) is 9.23 Å². The van der Waals surface area contributed by atoms with E-state index >= 15 is 0 Å². The van der Waals surface area contributed by atoms with Crippen LogP contribution < -0.4 is 0 Å². The zero-order valence-electron chi connectivity index (χ0n) is 13.0. The molecule has 6 bridgehead atoms. The minimum Gasteiger partial charge on any atom is -0.378 e. The lowest BCUT2D eigenvalue weighted by atomic mass is 9.72. The van der Waals surface area contributed by atoms with Crippen LogP contribution in [0.1, 0.15) is 64.7 Å². The quantitative estimate of drug-likeness (QED) is 0.725. The minimum absolute atomic E-state index is 0.543. The van der Waals surface area contributed by atoms with Gasteiger partial charge in [-0.05, 0) is 99.2 Å². The van der Waals surface area contributed by atoms with Crippen LogP contribution in [0.15, 0.2) is 0 Å². The van der Waals surface area contributed by atoms with Gasteiger partial charge in [0.1, 0.15) is 0 Å². The first-order valence-corrected chi connectivity index (χ1v) is 9.34. The van der Waals surface area contributed by atoms with E-state index in [-0.39, 0.29) is 0 Å². The van der Waals surface area contributed by atoms with E-state index in [1.165, 1.54) is 38.5 Å². The molecule has 20 heavy (non-hydrogen) atoms. The fourth-order valence-electron chi connectivity index (χ4n) is 7.54. The fourth-order valence-corrected chi connectivity index (χ4v) is 7.54.